The molecule has 0 aliphatic heterocycles. The van der Waals surface area contributed by atoms with Gasteiger partial charge in [-0.2, -0.15) is 0 Å². The Labute approximate surface area is 119 Å². The van der Waals surface area contributed by atoms with Crippen LogP contribution in [0, 0.1) is 5.41 Å². The molecule has 1 aromatic rings. The van der Waals surface area contributed by atoms with Crippen LogP contribution in [0.25, 0.3) is 0 Å². The molecule has 0 atom stereocenters. The standard InChI is InChI=1S/C15H19ClO2S/c1-11(2)12-5-3-4-6-13(12)15-7-14(8-15,9-15)10-19(16,17)18/h3-6,11H,7-10H2,1-2H3. The zero-order valence-electron chi connectivity index (χ0n) is 11.3. The van der Waals surface area contributed by atoms with Gasteiger partial charge in [0.25, 0.3) is 0 Å². The van der Waals surface area contributed by atoms with E-state index < -0.39 is 9.05 Å². The number of benzene rings is 1. The maximum atomic E-state index is 11.2. The van der Waals surface area contributed by atoms with Crippen molar-refractivity contribution in [2.75, 3.05) is 5.75 Å². The molecule has 3 fully saturated rings. The summed E-state index contributed by atoms with van der Waals surface area (Å²) >= 11 is 0. The Hall–Kier alpha value is -0.540. The Morgan fingerprint density at radius 1 is 1.21 bits per heavy atom. The van der Waals surface area contributed by atoms with E-state index in [0.29, 0.717) is 5.92 Å². The molecule has 3 saturated carbocycles. The molecule has 0 spiro atoms. The molecule has 0 amide bonds. The maximum absolute atomic E-state index is 11.2. The lowest BCUT2D eigenvalue weighted by molar-refractivity contribution is -0.122. The second kappa shape index (κ2) is 3.98. The fraction of sp³-hybridized carbons (Fsp3) is 0.600. The summed E-state index contributed by atoms with van der Waals surface area (Å²) in [7, 11) is 2.03. The van der Waals surface area contributed by atoms with E-state index in [4.69, 9.17) is 10.7 Å². The van der Waals surface area contributed by atoms with Gasteiger partial charge in [0.2, 0.25) is 9.05 Å². The third-order valence-electron chi connectivity index (χ3n) is 4.77. The first-order chi connectivity index (χ1) is 8.75. The molecule has 3 aliphatic carbocycles. The van der Waals surface area contributed by atoms with Gasteiger partial charge in [-0.1, -0.05) is 38.1 Å². The fourth-order valence-corrected chi connectivity index (χ4v) is 6.02. The summed E-state index contributed by atoms with van der Waals surface area (Å²) < 4.78 is 22.5. The maximum Gasteiger partial charge on any atom is 0.233 e. The van der Waals surface area contributed by atoms with Gasteiger partial charge in [-0.25, -0.2) is 8.42 Å². The molecule has 0 radical (unpaired) electrons. The van der Waals surface area contributed by atoms with E-state index >= 15 is 0 Å². The Bertz CT molecular complexity index is 599. The van der Waals surface area contributed by atoms with E-state index in [0.717, 1.165) is 19.3 Å². The third kappa shape index (κ3) is 2.11. The molecule has 4 heteroatoms. The highest BCUT2D eigenvalue weighted by atomic mass is 35.7. The van der Waals surface area contributed by atoms with Crippen LogP contribution in [-0.2, 0) is 14.5 Å². The lowest BCUT2D eigenvalue weighted by atomic mass is 9.34. The highest BCUT2D eigenvalue weighted by molar-refractivity contribution is 8.13. The molecule has 0 N–H and O–H groups in total. The van der Waals surface area contributed by atoms with Crippen molar-refractivity contribution in [1.29, 1.82) is 0 Å². The van der Waals surface area contributed by atoms with Crippen molar-refractivity contribution in [3.63, 3.8) is 0 Å². The molecular formula is C15H19ClO2S. The van der Waals surface area contributed by atoms with Crippen LogP contribution in [0.4, 0.5) is 0 Å². The molecule has 0 heterocycles. The van der Waals surface area contributed by atoms with E-state index in [1.807, 2.05) is 0 Å². The second-order valence-electron chi connectivity index (χ2n) is 6.74. The summed E-state index contributed by atoms with van der Waals surface area (Å²) in [4.78, 5) is 0. The Morgan fingerprint density at radius 2 is 1.79 bits per heavy atom. The van der Waals surface area contributed by atoms with E-state index in [1.54, 1.807) is 0 Å². The van der Waals surface area contributed by atoms with Gasteiger partial charge in [-0.05, 0) is 47.1 Å². The van der Waals surface area contributed by atoms with Gasteiger partial charge in [-0.3, -0.25) is 0 Å². The van der Waals surface area contributed by atoms with Crippen molar-refractivity contribution in [2.45, 2.75) is 44.4 Å². The molecule has 19 heavy (non-hydrogen) atoms. The van der Waals surface area contributed by atoms with Gasteiger partial charge in [0.15, 0.2) is 0 Å². The predicted octanol–water partition coefficient (Wildman–Crippen LogP) is 3.80. The first kappa shape index (κ1) is 13.4. The molecule has 1 aromatic carbocycles. The minimum atomic E-state index is -3.37. The molecule has 4 rings (SSSR count). The summed E-state index contributed by atoms with van der Waals surface area (Å²) in [6, 6.07) is 8.59. The molecule has 104 valence electrons. The first-order valence-electron chi connectivity index (χ1n) is 6.77. The number of rotatable bonds is 4. The van der Waals surface area contributed by atoms with Crippen LogP contribution in [0.15, 0.2) is 24.3 Å². The smallest absolute Gasteiger partial charge is 0.212 e. The van der Waals surface area contributed by atoms with E-state index in [1.165, 1.54) is 11.1 Å². The minimum Gasteiger partial charge on any atom is -0.212 e. The molecule has 0 aromatic heterocycles. The van der Waals surface area contributed by atoms with Crippen molar-refractivity contribution < 1.29 is 8.42 Å². The predicted molar refractivity (Wildman–Crippen MR) is 78.1 cm³/mol. The average Bonchev–Trinajstić information content (AvgIpc) is 2.20. The zero-order valence-corrected chi connectivity index (χ0v) is 12.9. The van der Waals surface area contributed by atoms with E-state index in [2.05, 4.69) is 38.1 Å². The van der Waals surface area contributed by atoms with Gasteiger partial charge in [0.1, 0.15) is 0 Å². The van der Waals surface area contributed by atoms with E-state index in [9.17, 15) is 8.42 Å². The second-order valence-corrected chi connectivity index (χ2v) is 9.51. The fourth-order valence-electron chi connectivity index (χ4n) is 4.29. The summed E-state index contributed by atoms with van der Waals surface area (Å²) in [5.41, 5.74) is 3.05. The van der Waals surface area contributed by atoms with Crippen molar-refractivity contribution in [3.05, 3.63) is 35.4 Å². The number of hydrogen-bond donors (Lipinski definition) is 0. The van der Waals surface area contributed by atoms with Crippen LogP contribution in [-0.4, -0.2) is 14.2 Å². The van der Waals surface area contributed by atoms with Crippen LogP contribution >= 0.6 is 10.7 Å². The summed E-state index contributed by atoms with van der Waals surface area (Å²) in [6.45, 7) is 4.42. The van der Waals surface area contributed by atoms with Gasteiger partial charge in [0.05, 0.1) is 5.75 Å². The summed E-state index contributed by atoms with van der Waals surface area (Å²) in [6.07, 6.45) is 2.95. The van der Waals surface area contributed by atoms with Crippen molar-refractivity contribution in [1.82, 2.24) is 0 Å². The van der Waals surface area contributed by atoms with Gasteiger partial charge in [0, 0.05) is 10.7 Å². The lowest BCUT2D eigenvalue weighted by Crippen LogP contribution is -2.66. The Morgan fingerprint density at radius 3 is 2.32 bits per heavy atom. The van der Waals surface area contributed by atoms with Gasteiger partial charge < -0.3 is 0 Å². The molecular weight excluding hydrogens is 280 g/mol. The largest absolute Gasteiger partial charge is 0.233 e. The lowest BCUT2D eigenvalue weighted by Gasteiger charge is -2.71. The van der Waals surface area contributed by atoms with Crippen molar-refractivity contribution in [3.8, 4) is 0 Å². The van der Waals surface area contributed by atoms with Crippen LogP contribution in [0.2, 0.25) is 0 Å². The van der Waals surface area contributed by atoms with Crippen molar-refractivity contribution >= 4 is 19.7 Å². The molecule has 2 nitrogen and oxygen atoms in total. The number of halogens is 1. The van der Waals surface area contributed by atoms with Crippen LogP contribution in [0.5, 0.6) is 0 Å². The van der Waals surface area contributed by atoms with Gasteiger partial charge in [-0.15, -0.1) is 0 Å². The van der Waals surface area contributed by atoms with Crippen LogP contribution < -0.4 is 0 Å². The van der Waals surface area contributed by atoms with Crippen LogP contribution in [0.1, 0.15) is 50.2 Å². The molecule has 0 unspecified atom stereocenters. The summed E-state index contributed by atoms with van der Waals surface area (Å²) in [5.74, 6) is 0.658. The van der Waals surface area contributed by atoms with Crippen LogP contribution in [0.3, 0.4) is 0 Å². The Balaban J connectivity index is 1.83. The monoisotopic (exact) mass is 298 g/mol. The van der Waals surface area contributed by atoms with E-state index in [-0.39, 0.29) is 16.6 Å². The highest BCUT2D eigenvalue weighted by Crippen LogP contribution is 2.74. The first-order valence-corrected chi connectivity index (χ1v) is 9.25. The normalized spacial score (nSPS) is 32.8. The topological polar surface area (TPSA) is 34.1 Å². The quantitative estimate of drug-likeness (QED) is 0.792. The third-order valence-corrected chi connectivity index (χ3v) is 6.06. The van der Waals surface area contributed by atoms with Crippen molar-refractivity contribution in [2.24, 2.45) is 5.41 Å². The highest BCUT2D eigenvalue weighted by Gasteiger charge is 2.69. The molecule has 0 saturated heterocycles. The average molecular weight is 299 g/mol. The number of hydrogen-bond acceptors (Lipinski definition) is 2. The molecule has 3 aliphatic rings. The Kier molecular flexibility index (Phi) is 2.82. The zero-order chi connectivity index (χ0) is 13.9. The molecule has 2 bridgehead atoms. The SMILES string of the molecule is CC(C)c1ccccc1C12CC(CS(=O)(=O)Cl)(C1)C2. The van der Waals surface area contributed by atoms with Gasteiger partial charge >= 0.3 is 0 Å². The minimum absolute atomic E-state index is 0.0231. The summed E-state index contributed by atoms with van der Waals surface area (Å²) in [5, 5.41) is 0.